The minimum atomic E-state index is -0.0786. The molecule has 0 heterocycles. The minimum Gasteiger partial charge on any atom is -0.377 e. The normalized spacial score (nSPS) is 16.2. The Morgan fingerprint density at radius 3 is 2.39 bits per heavy atom. The molecule has 0 radical (unpaired) electrons. The molecular formula is C16H27NO. The molecule has 0 aromatic heterocycles. The number of aryl methyl sites for hydroxylation is 1. The van der Waals surface area contributed by atoms with E-state index < -0.39 is 0 Å². The van der Waals surface area contributed by atoms with Crippen molar-refractivity contribution in [1.29, 1.82) is 0 Å². The zero-order valence-corrected chi connectivity index (χ0v) is 12.2. The molecule has 0 saturated carbocycles. The van der Waals surface area contributed by atoms with Gasteiger partial charge >= 0.3 is 0 Å². The summed E-state index contributed by atoms with van der Waals surface area (Å²) in [6.45, 7) is 7.53. The first-order chi connectivity index (χ1) is 8.66. The highest BCUT2D eigenvalue weighted by molar-refractivity contribution is 5.15. The lowest BCUT2D eigenvalue weighted by atomic mass is 9.88. The number of methoxy groups -OCH3 is 1. The van der Waals surface area contributed by atoms with E-state index in [4.69, 9.17) is 4.74 Å². The van der Waals surface area contributed by atoms with Crippen LogP contribution in [0.3, 0.4) is 0 Å². The first-order valence-electron chi connectivity index (χ1n) is 6.98. The van der Waals surface area contributed by atoms with Crippen LogP contribution in [0.5, 0.6) is 0 Å². The Morgan fingerprint density at radius 1 is 1.22 bits per heavy atom. The predicted molar refractivity (Wildman–Crippen MR) is 77.9 cm³/mol. The number of hydrogen-bond donors (Lipinski definition) is 1. The SMILES string of the molecule is CCNC(CCc1ccccc1)C(C)(CC)OC. The van der Waals surface area contributed by atoms with Gasteiger partial charge in [0.1, 0.15) is 0 Å². The predicted octanol–water partition coefficient (Wildman–Crippen LogP) is 3.41. The molecule has 1 rings (SSSR count). The van der Waals surface area contributed by atoms with E-state index in [-0.39, 0.29) is 5.60 Å². The topological polar surface area (TPSA) is 21.3 Å². The molecule has 2 heteroatoms. The Kier molecular flexibility index (Phi) is 6.37. The van der Waals surface area contributed by atoms with Gasteiger partial charge in [-0.25, -0.2) is 0 Å². The summed E-state index contributed by atoms with van der Waals surface area (Å²) >= 11 is 0. The number of ether oxygens (including phenoxy) is 1. The Hall–Kier alpha value is -0.860. The lowest BCUT2D eigenvalue weighted by Gasteiger charge is -2.36. The molecule has 1 aromatic carbocycles. The second-order valence-electron chi connectivity index (χ2n) is 5.00. The summed E-state index contributed by atoms with van der Waals surface area (Å²) < 4.78 is 5.73. The van der Waals surface area contributed by atoms with Gasteiger partial charge in [0.15, 0.2) is 0 Å². The molecule has 0 bridgehead atoms. The van der Waals surface area contributed by atoms with Crippen LogP contribution in [0.25, 0.3) is 0 Å². The molecule has 0 saturated heterocycles. The number of likely N-dealkylation sites (N-methyl/N-ethyl adjacent to an activating group) is 1. The smallest absolute Gasteiger partial charge is 0.0800 e. The largest absolute Gasteiger partial charge is 0.377 e. The van der Waals surface area contributed by atoms with Crippen LogP contribution < -0.4 is 5.32 Å². The van der Waals surface area contributed by atoms with Gasteiger partial charge in [-0.2, -0.15) is 0 Å². The Balaban J connectivity index is 2.63. The second kappa shape index (κ2) is 7.55. The summed E-state index contributed by atoms with van der Waals surface area (Å²) in [6, 6.07) is 11.1. The van der Waals surface area contributed by atoms with E-state index in [1.165, 1.54) is 5.56 Å². The number of rotatable bonds is 8. The monoisotopic (exact) mass is 249 g/mol. The lowest BCUT2D eigenvalue weighted by Crippen LogP contribution is -2.50. The van der Waals surface area contributed by atoms with Crippen molar-refractivity contribution in [2.24, 2.45) is 0 Å². The standard InChI is InChI=1S/C16H27NO/c1-5-16(3,18-4)15(17-6-2)13-12-14-10-8-7-9-11-14/h7-11,15,17H,5-6,12-13H2,1-4H3. The molecule has 2 unspecified atom stereocenters. The molecule has 102 valence electrons. The molecule has 18 heavy (non-hydrogen) atoms. The molecular weight excluding hydrogens is 222 g/mol. The Labute approximate surface area is 112 Å². The van der Waals surface area contributed by atoms with E-state index in [1.807, 2.05) is 7.11 Å². The number of benzene rings is 1. The first-order valence-corrected chi connectivity index (χ1v) is 6.98. The molecule has 0 fully saturated rings. The van der Waals surface area contributed by atoms with Crippen molar-refractivity contribution in [3.8, 4) is 0 Å². The van der Waals surface area contributed by atoms with Gasteiger partial charge in [0.05, 0.1) is 5.60 Å². The van der Waals surface area contributed by atoms with Crippen LogP contribution in [0.1, 0.15) is 39.2 Å². The molecule has 2 atom stereocenters. The van der Waals surface area contributed by atoms with Gasteiger partial charge in [0.2, 0.25) is 0 Å². The summed E-state index contributed by atoms with van der Waals surface area (Å²) in [5.74, 6) is 0. The molecule has 0 spiro atoms. The summed E-state index contributed by atoms with van der Waals surface area (Å²) in [6.07, 6.45) is 3.23. The maximum Gasteiger partial charge on any atom is 0.0800 e. The van der Waals surface area contributed by atoms with Crippen molar-refractivity contribution in [2.45, 2.75) is 51.7 Å². The summed E-state index contributed by atoms with van der Waals surface area (Å²) in [5.41, 5.74) is 1.32. The van der Waals surface area contributed by atoms with E-state index in [2.05, 4.69) is 56.4 Å². The van der Waals surface area contributed by atoms with Crippen molar-refractivity contribution in [3.05, 3.63) is 35.9 Å². The van der Waals surface area contributed by atoms with Gasteiger partial charge in [-0.3, -0.25) is 0 Å². The van der Waals surface area contributed by atoms with Crippen molar-refractivity contribution in [3.63, 3.8) is 0 Å². The molecule has 0 aliphatic heterocycles. The van der Waals surface area contributed by atoms with Crippen LogP contribution >= 0.6 is 0 Å². The molecule has 1 aromatic rings. The highest BCUT2D eigenvalue weighted by Crippen LogP contribution is 2.23. The average Bonchev–Trinajstić information content (AvgIpc) is 2.43. The van der Waals surface area contributed by atoms with Gasteiger partial charge in [0, 0.05) is 13.2 Å². The maximum atomic E-state index is 5.73. The third kappa shape index (κ3) is 4.11. The fourth-order valence-corrected chi connectivity index (χ4v) is 2.36. The van der Waals surface area contributed by atoms with Crippen LogP contribution in [0.15, 0.2) is 30.3 Å². The Morgan fingerprint density at radius 2 is 1.89 bits per heavy atom. The molecule has 0 aliphatic carbocycles. The maximum absolute atomic E-state index is 5.73. The van der Waals surface area contributed by atoms with Crippen LogP contribution in [-0.4, -0.2) is 25.3 Å². The van der Waals surface area contributed by atoms with Gasteiger partial charge in [-0.05, 0) is 38.3 Å². The van der Waals surface area contributed by atoms with Crippen molar-refractivity contribution in [2.75, 3.05) is 13.7 Å². The average molecular weight is 249 g/mol. The quantitative estimate of drug-likeness (QED) is 0.762. The van der Waals surface area contributed by atoms with E-state index in [1.54, 1.807) is 0 Å². The van der Waals surface area contributed by atoms with Gasteiger partial charge in [-0.15, -0.1) is 0 Å². The summed E-state index contributed by atoms with van der Waals surface area (Å²) in [5, 5.41) is 3.57. The van der Waals surface area contributed by atoms with Crippen molar-refractivity contribution >= 4 is 0 Å². The van der Waals surface area contributed by atoms with Crippen LogP contribution in [0.2, 0.25) is 0 Å². The zero-order valence-electron chi connectivity index (χ0n) is 12.2. The third-order valence-corrected chi connectivity index (χ3v) is 3.92. The number of nitrogens with one attached hydrogen (secondary N) is 1. The molecule has 0 aliphatic rings. The van der Waals surface area contributed by atoms with Crippen LogP contribution in [-0.2, 0) is 11.2 Å². The second-order valence-corrected chi connectivity index (χ2v) is 5.00. The Bertz CT molecular complexity index is 319. The highest BCUT2D eigenvalue weighted by Gasteiger charge is 2.31. The van der Waals surface area contributed by atoms with E-state index in [9.17, 15) is 0 Å². The van der Waals surface area contributed by atoms with Crippen molar-refractivity contribution < 1.29 is 4.74 Å². The van der Waals surface area contributed by atoms with E-state index in [0.717, 1.165) is 25.8 Å². The fraction of sp³-hybridized carbons (Fsp3) is 0.625. The third-order valence-electron chi connectivity index (χ3n) is 3.92. The van der Waals surface area contributed by atoms with Gasteiger partial charge in [0.25, 0.3) is 0 Å². The lowest BCUT2D eigenvalue weighted by molar-refractivity contribution is -0.0305. The highest BCUT2D eigenvalue weighted by atomic mass is 16.5. The minimum absolute atomic E-state index is 0.0786. The van der Waals surface area contributed by atoms with Crippen molar-refractivity contribution in [1.82, 2.24) is 5.32 Å². The molecule has 1 N–H and O–H groups in total. The zero-order chi connectivity index (χ0) is 13.4. The van der Waals surface area contributed by atoms with Crippen LogP contribution in [0.4, 0.5) is 0 Å². The summed E-state index contributed by atoms with van der Waals surface area (Å²) in [7, 11) is 1.82. The molecule has 0 amide bonds. The summed E-state index contributed by atoms with van der Waals surface area (Å²) in [4.78, 5) is 0. The van der Waals surface area contributed by atoms with E-state index in [0.29, 0.717) is 6.04 Å². The van der Waals surface area contributed by atoms with E-state index >= 15 is 0 Å². The van der Waals surface area contributed by atoms with Crippen LogP contribution in [0, 0.1) is 0 Å². The molecule has 2 nitrogen and oxygen atoms in total. The van der Waals surface area contributed by atoms with Gasteiger partial charge in [-0.1, -0.05) is 44.2 Å². The van der Waals surface area contributed by atoms with Gasteiger partial charge < -0.3 is 10.1 Å². The fourth-order valence-electron chi connectivity index (χ4n) is 2.36. The number of hydrogen-bond acceptors (Lipinski definition) is 2. The first kappa shape index (κ1) is 15.2.